The average Bonchev–Trinajstić information content (AvgIpc) is 2.62. The molecule has 1 saturated heterocycles. The van der Waals surface area contributed by atoms with Crippen LogP contribution in [0.2, 0.25) is 0 Å². The maximum absolute atomic E-state index is 13.1. The van der Waals surface area contributed by atoms with Gasteiger partial charge in [-0.05, 0) is 0 Å². The predicted octanol–water partition coefficient (Wildman–Crippen LogP) is 1.32. The molecule has 1 aromatic rings. The standard InChI is InChI=1S/C11H10F3NO4S/c12-7-2-9(10(16)3-8(7)13)15-4-6(1-11(15)17)5-20(14,18)19/h2-3,6,16H,1,4-5H2. The highest BCUT2D eigenvalue weighted by Gasteiger charge is 2.35. The quantitative estimate of drug-likeness (QED) is 0.855. The number of aromatic hydroxyl groups is 1. The van der Waals surface area contributed by atoms with Gasteiger partial charge in [0.05, 0.1) is 11.4 Å². The maximum Gasteiger partial charge on any atom is 0.302 e. The molecule has 110 valence electrons. The van der Waals surface area contributed by atoms with Crippen LogP contribution in [0.15, 0.2) is 12.1 Å². The van der Waals surface area contributed by atoms with Crippen LogP contribution in [-0.4, -0.2) is 31.7 Å². The Morgan fingerprint density at radius 2 is 1.90 bits per heavy atom. The molecule has 2 rings (SSSR count). The van der Waals surface area contributed by atoms with Gasteiger partial charge in [-0.3, -0.25) is 4.79 Å². The molecule has 9 heteroatoms. The smallest absolute Gasteiger partial charge is 0.302 e. The number of phenols is 1. The Morgan fingerprint density at radius 3 is 2.50 bits per heavy atom. The minimum absolute atomic E-state index is 0.194. The number of hydrogen-bond acceptors (Lipinski definition) is 4. The minimum Gasteiger partial charge on any atom is -0.506 e. The number of carbonyl (C=O) groups is 1. The lowest BCUT2D eigenvalue weighted by Gasteiger charge is -2.18. The maximum atomic E-state index is 13.1. The first-order valence-electron chi connectivity index (χ1n) is 5.58. The first-order valence-corrected chi connectivity index (χ1v) is 7.13. The van der Waals surface area contributed by atoms with Crippen LogP contribution in [0, 0.1) is 17.6 Å². The van der Waals surface area contributed by atoms with E-state index in [9.17, 15) is 31.0 Å². The molecule has 0 bridgehead atoms. The van der Waals surface area contributed by atoms with Gasteiger partial charge in [-0.15, -0.1) is 3.89 Å². The zero-order chi connectivity index (χ0) is 15.1. The highest BCUT2D eigenvalue weighted by atomic mass is 32.3. The van der Waals surface area contributed by atoms with Crippen molar-refractivity contribution in [3.8, 4) is 5.75 Å². The monoisotopic (exact) mass is 309 g/mol. The average molecular weight is 309 g/mol. The molecule has 1 unspecified atom stereocenters. The van der Waals surface area contributed by atoms with Crippen LogP contribution in [0.5, 0.6) is 5.75 Å². The van der Waals surface area contributed by atoms with E-state index < -0.39 is 45.2 Å². The number of benzene rings is 1. The fourth-order valence-corrected chi connectivity index (χ4v) is 2.94. The van der Waals surface area contributed by atoms with Gasteiger partial charge in [0.2, 0.25) is 5.91 Å². The van der Waals surface area contributed by atoms with Crippen molar-refractivity contribution in [2.24, 2.45) is 5.92 Å². The van der Waals surface area contributed by atoms with Crippen molar-refractivity contribution in [1.29, 1.82) is 0 Å². The third kappa shape index (κ3) is 3.03. The molecule has 1 fully saturated rings. The fraction of sp³-hybridized carbons (Fsp3) is 0.364. The Hall–Kier alpha value is -1.77. The Morgan fingerprint density at radius 1 is 1.30 bits per heavy atom. The molecule has 1 aliphatic heterocycles. The third-order valence-corrected chi connectivity index (χ3v) is 3.82. The van der Waals surface area contributed by atoms with Crippen LogP contribution in [0.25, 0.3) is 0 Å². The number of hydrogen-bond donors (Lipinski definition) is 1. The van der Waals surface area contributed by atoms with Gasteiger partial charge in [0, 0.05) is 31.0 Å². The Kier molecular flexibility index (Phi) is 3.63. The third-order valence-electron chi connectivity index (χ3n) is 2.95. The second-order valence-electron chi connectivity index (χ2n) is 4.54. The van der Waals surface area contributed by atoms with Crippen LogP contribution in [-0.2, 0) is 15.0 Å². The summed E-state index contributed by atoms with van der Waals surface area (Å²) in [6.45, 7) is -0.194. The van der Waals surface area contributed by atoms with E-state index in [0.717, 1.165) is 4.90 Å². The van der Waals surface area contributed by atoms with Crippen LogP contribution in [0.1, 0.15) is 6.42 Å². The molecular weight excluding hydrogens is 299 g/mol. The summed E-state index contributed by atoms with van der Waals surface area (Å²) in [6, 6.07) is 1.14. The summed E-state index contributed by atoms with van der Waals surface area (Å²) in [5.41, 5.74) is -0.271. The highest BCUT2D eigenvalue weighted by Crippen LogP contribution is 2.34. The van der Waals surface area contributed by atoms with Crippen molar-refractivity contribution in [3.63, 3.8) is 0 Å². The molecular formula is C11H10F3NO4S. The number of carbonyl (C=O) groups excluding carboxylic acids is 1. The lowest BCUT2D eigenvalue weighted by Crippen LogP contribution is -2.25. The van der Waals surface area contributed by atoms with Gasteiger partial charge in [0.15, 0.2) is 11.6 Å². The van der Waals surface area contributed by atoms with E-state index in [1.165, 1.54) is 0 Å². The van der Waals surface area contributed by atoms with Crippen molar-refractivity contribution in [1.82, 2.24) is 0 Å². The van der Waals surface area contributed by atoms with E-state index >= 15 is 0 Å². The molecule has 1 N–H and O–H groups in total. The second kappa shape index (κ2) is 4.97. The van der Waals surface area contributed by atoms with Crippen molar-refractivity contribution < 1.29 is 31.0 Å². The molecule has 1 atom stereocenters. The highest BCUT2D eigenvalue weighted by molar-refractivity contribution is 7.86. The molecule has 1 aromatic carbocycles. The summed E-state index contributed by atoms with van der Waals surface area (Å²) < 4.78 is 59.7. The van der Waals surface area contributed by atoms with Gasteiger partial charge in [0.1, 0.15) is 5.75 Å². The number of amides is 1. The zero-order valence-electron chi connectivity index (χ0n) is 10.0. The van der Waals surface area contributed by atoms with E-state index in [0.29, 0.717) is 12.1 Å². The molecule has 1 heterocycles. The van der Waals surface area contributed by atoms with Gasteiger partial charge in [-0.2, -0.15) is 8.42 Å². The Labute approximate surface area is 112 Å². The van der Waals surface area contributed by atoms with Crippen molar-refractivity contribution in [3.05, 3.63) is 23.8 Å². The summed E-state index contributed by atoms with van der Waals surface area (Å²) >= 11 is 0. The summed E-state index contributed by atoms with van der Waals surface area (Å²) in [4.78, 5) is 12.6. The summed E-state index contributed by atoms with van der Waals surface area (Å²) in [5, 5.41) is 9.52. The summed E-state index contributed by atoms with van der Waals surface area (Å²) in [7, 11) is -4.74. The Bertz CT molecular complexity index is 662. The number of nitrogens with zero attached hydrogens (tertiary/aromatic N) is 1. The minimum atomic E-state index is -4.74. The van der Waals surface area contributed by atoms with E-state index in [2.05, 4.69) is 0 Å². The van der Waals surface area contributed by atoms with Crippen LogP contribution in [0.4, 0.5) is 18.4 Å². The molecule has 5 nitrogen and oxygen atoms in total. The number of phenolic OH excluding ortho intramolecular Hbond substituents is 1. The van der Waals surface area contributed by atoms with Gasteiger partial charge in [-0.25, -0.2) is 8.78 Å². The number of rotatable bonds is 3. The largest absolute Gasteiger partial charge is 0.506 e. The lowest BCUT2D eigenvalue weighted by atomic mass is 10.1. The molecule has 20 heavy (non-hydrogen) atoms. The Balaban J connectivity index is 2.26. The molecule has 1 aliphatic rings. The van der Waals surface area contributed by atoms with Crippen molar-refractivity contribution in [2.75, 3.05) is 17.2 Å². The first kappa shape index (κ1) is 14.6. The lowest BCUT2D eigenvalue weighted by molar-refractivity contribution is -0.117. The van der Waals surface area contributed by atoms with Crippen molar-refractivity contribution >= 4 is 21.8 Å². The summed E-state index contributed by atoms with van der Waals surface area (Å²) in [5.74, 6) is -5.42. The molecule has 1 amide bonds. The second-order valence-corrected chi connectivity index (χ2v) is 5.95. The first-order chi connectivity index (χ1) is 9.17. The topological polar surface area (TPSA) is 74.7 Å². The van der Waals surface area contributed by atoms with E-state index in [1.54, 1.807) is 0 Å². The van der Waals surface area contributed by atoms with Crippen LogP contribution < -0.4 is 4.90 Å². The number of halogens is 3. The zero-order valence-corrected chi connectivity index (χ0v) is 10.8. The van der Waals surface area contributed by atoms with Gasteiger partial charge in [-0.1, -0.05) is 0 Å². The molecule has 0 aliphatic carbocycles. The fourth-order valence-electron chi connectivity index (χ4n) is 2.15. The molecule has 0 saturated carbocycles. The normalized spacial score (nSPS) is 19.6. The number of anilines is 1. The van der Waals surface area contributed by atoms with E-state index in [1.807, 2.05) is 0 Å². The predicted molar refractivity (Wildman–Crippen MR) is 63.4 cm³/mol. The van der Waals surface area contributed by atoms with Gasteiger partial charge < -0.3 is 10.0 Å². The SMILES string of the molecule is O=C1CC(CS(=O)(=O)F)CN1c1cc(F)c(F)cc1O. The van der Waals surface area contributed by atoms with Gasteiger partial charge >= 0.3 is 10.2 Å². The molecule has 0 spiro atoms. The summed E-state index contributed by atoms with van der Waals surface area (Å²) in [6.07, 6.45) is -0.248. The van der Waals surface area contributed by atoms with Crippen LogP contribution in [0.3, 0.4) is 0 Å². The van der Waals surface area contributed by atoms with Gasteiger partial charge in [0.25, 0.3) is 0 Å². The van der Waals surface area contributed by atoms with Crippen LogP contribution >= 0.6 is 0 Å². The molecule has 0 aromatic heterocycles. The van der Waals surface area contributed by atoms with Crippen molar-refractivity contribution in [2.45, 2.75) is 6.42 Å². The molecule has 0 radical (unpaired) electrons. The van der Waals surface area contributed by atoms with E-state index in [4.69, 9.17) is 0 Å². The van der Waals surface area contributed by atoms with E-state index in [-0.39, 0.29) is 18.7 Å².